The molecule has 1 saturated carbocycles. The number of sulfonamides is 1. The highest BCUT2D eigenvalue weighted by Gasteiger charge is 2.30. The van der Waals surface area contributed by atoms with Gasteiger partial charge in [0.1, 0.15) is 0 Å². The van der Waals surface area contributed by atoms with Crippen molar-refractivity contribution in [1.29, 1.82) is 5.26 Å². The number of piperidine rings is 1. The molecule has 2 aliphatic rings. The molecule has 1 aliphatic carbocycles. The average Bonchev–Trinajstić information content (AvgIpc) is 3.57. The van der Waals surface area contributed by atoms with Crippen LogP contribution in [0.2, 0.25) is 0 Å². The summed E-state index contributed by atoms with van der Waals surface area (Å²) < 4.78 is 34.9. The van der Waals surface area contributed by atoms with E-state index < -0.39 is 10.0 Å². The molecule has 0 amide bonds. The molecule has 9 heteroatoms. The van der Waals surface area contributed by atoms with Gasteiger partial charge in [0.15, 0.2) is 5.65 Å². The summed E-state index contributed by atoms with van der Waals surface area (Å²) in [6.07, 6.45) is 5.84. The summed E-state index contributed by atoms with van der Waals surface area (Å²) in [6.45, 7) is 1.41. The Morgan fingerprint density at radius 3 is 2.48 bits per heavy atom. The molecule has 31 heavy (non-hydrogen) atoms. The highest BCUT2D eigenvalue weighted by molar-refractivity contribution is 7.89. The molecule has 3 heterocycles. The van der Waals surface area contributed by atoms with E-state index in [4.69, 9.17) is 10.00 Å². The molecule has 5 rings (SSSR count). The van der Waals surface area contributed by atoms with Crippen LogP contribution in [0.4, 0.5) is 0 Å². The summed E-state index contributed by atoms with van der Waals surface area (Å²) >= 11 is 0. The largest absolute Gasteiger partial charge is 0.476 e. The summed E-state index contributed by atoms with van der Waals surface area (Å²) in [7, 11) is -3.54. The average molecular weight is 438 g/mol. The number of hydrogen-bond donors (Lipinski definition) is 0. The number of rotatable bonds is 6. The van der Waals surface area contributed by atoms with Gasteiger partial charge in [0.2, 0.25) is 15.9 Å². The Kier molecular flexibility index (Phi) is 5.12. The predicted octanol–water partition coefficient (Wildman–Crippen LogP) is 2.96. The standard InChI is InChI=1S/C22H23N5O3S/c23-13-16-1-5-19(6-2-16)31(28,29)26-11-9-17(10-12-26)15-30-22-8-7-21-24-20(18-3-4-18)14-27(21)25-22/h1-2,5-8,14,17-18H,3-4,9-12,15H2. The van der Waals surface area contributed by atoms with Gasteiger partial charge in [0.25, 0.3) is 0 Å². The van der Waals surface area contributed by atoms with E-state index in [1.165, 1.54) is 41.4 Å². The lowest BCUT2D eigenvalue weighted by Gasteiger charge is -2.31. The first-order chi connectivity index (χ1) is 15.0. The molecule has 160 valence electrons. The molecule has 3 aromatic rings. The summed E-state index contributed by atoms with van der Waals surface area (Å²) in [4.78, 5) is 4.82. The molecule has 8 nitrogen and oxygen atoms in total. The van der Waals surface area contributed by atoms with Gasteiger partial charge in [-0.25, -0.2) is 17.9 Å². The number of nitrogens with zero attached hydrogens (tertiary/aromatic N) is 5. The second kappa shape index (κ2) is 7.94. The first-order valence-corrected chi connectivity index (χ1v) is 12.0. The first-order valence-electron chi connectivity index (χ1n) is 10.5. The maximum Gasteiger partial charge on any atom is 0.243 e. The van der Waals surface area contributed by atoms with Crippen LogP contribution in [0.15, 0.2) is 47.5 Å². The van der Waals surface area contributed by atoms with Gasteiger partial charge >= 0.3 is 0 Å². The number of imidazole rings is 1. The highest BCUT2D eigenvalue weighted by Crippen LogP contribution is 2.39. The number of fused-ring (bicyclic) bond motifs is 1. The van der Waals surface area contributed by atoms with Crippen molar-refractivity contribution in [3.63, 3.8) is 0 Å². The van der Waals surface area contributed by atoms with Crippen molar-refractivity contribution >= 4 is 15.7 Å². The van der Waals surface area contributed by atoms with Gasteiger partial charge in [-0.2, -0.15) is 9.57 Å². The van der Waals surface area contributed by atoms with E-state index in [1.807, 2.05) is 24.4 Å². The van der Waals surface area contributed by atoms with E-state index in [0.717, 1.165) is 24.2 Å². The van der Waals surface area contributed by atoms with Crippen molar-refractivity contribution in [2.75, 3.05) is 19.7 Å². The van der Waals surface area contributed by atoms with Crippen LogP contribution >= 0.6 is 0 Å². The Hall–Kier alpha value is -2.96. The van der Waals surface area contributed by atoms with Crippen molar-refractivity contribution in [2.24, 2.45) is 5.92 Å². The zero-order valence-electron chi connectivity index (χ0n) is 17.0. The monoisotopic (exact) mass is 437 g/mol. The van der Waals surface area contributed by atoms with Gasteiger partial charge in [-0.15, -0.1) is 5.10 Å². The van der Waals surface area contributed by atoms with Gasteiger partial charge in [0, 0.05) is 25.1 Å². The Morgan fingerprint density at radius 1 is 1.06 bits per heavy atom. The van der Waals surface area contributed by atoms with E-state index in [2.05, 4.69) is 10.1 Å². The van der Waals surface area contributed by atoms with Crippen molar-refractivity contribution in [3.8, 4) is 11.9 Å². The fourth-order valence-electron chi connectivity index (χ4n) is 3.91. The van der Waals surface area contributed by atoms with Crippen LogP contribution in [0.1, 0.15) is 42.9 Å². The van der Waals surface area contributed by atoms with Gasteiger partial charge < -0.3 is 4.74 Å². The van der Waals surface area contributed by atoms with Gasteiger partial charge in [-0.05, 0) is 61.9 Å². The minimum Gasteiger partial charge on any atom is -0.476 e. The lowest BCUT2D eigenvalue weighted by Crippen LogP contribution is -2.39. The molecule has 0 unspecified atom stereocenters. The molecule has 1 aliphatic heterocycles. The molecule has 0 N–H and O–H groups in total. The zero-order valence-corrected chi connectivity index (χ0v) is 17.8. The van der Waals surface area contributed by atoms with Crippen molar-refractivity contribution in [1.82, 2.24) is 18.9 Å². The number of benzene rings is 1. The van der Waals surface area contributed by atoms with Crippen molar-refractivity contribution < 1.29 is 13.2 Å². The molecular formula is C22H23N5O3S. The maximum absolute atomic E-state index is 12.8. The number of ether oxygens (including phenoxy) is 1. The molecule has 0 bridgehead atoms. The van der Waals surface area contributed by atoms with Crippen molar-refractivity contribution in [3.05, 3.63) is 53.9 Å². The Balaban J connectivity index is 1.17. The van der Waals surface area contributed by atoms with Crippen LogP contribution in [-0.2, 0) is 10.0 Å². The molecule has 0 atom stereocenters. The number of aromatic nitrogens is 3. The fraction of sp³-hybridized carbons (Fsp3) is 0.409. The molecule has 2 aromatic heterocycles. The predicted molar refractivity (Wildman–Crippen MR) is 113 cm³/mol. The van der Waals surface area contributed by atoms with Gasteiger partial charge in [-0.3, -0.25) is 0 Å². The van der Waals surface area contributed by atoms with Crippen molar-refractivity contribution in [2.45, 2.75) is 36.5 Å². The Morgan fingerprint density at radius 2 is 1.81 bits per heavy atom. The van der Waals surface area contributed by atoms with E-state index >= 15 is 0 Å². The van der Waals surface area contributed by atoms with Crippen LogP contribution in [0.5, 0.6) is 5.88 Å². The molecule has 1 saturated heterocycles. The summed E-state index contributed by atoms with van der Waals surface area (Å²) in [5.41, 5.74) is 2.37. The Bertz CT molecular complexity index is 1230. The maximum atomic E-state index is 12.8. The van der Waals surface area contributed by atoms with Gasteiger partial charge in [0.05, 0.1) is 35.0 Å². The third kappa shape index (κ3) is 4.13. The first kappa shape index (κ1) is 20.0. The summed E-state index contributed by atoms with van der Waals surface area (Å²) in [5, 5.41) is 13.4. The molecule has 0 radical (unpaired) electrons. The number of hydrogen-bond acceptors (Lipinski definition) is 6. The molecule has 0 spiro atoms. The van der Waals surface area contributed by atoms with Crippen LogP contribution in [0.3, 0.4) is 0 Å². The molecular weight excluding hydrogens is 414 g/mol. The van der Waals surface area contributed by atoms with Crippen LogP contribution in [0, 0.1) is 17.2 Å². The van der Waals surface area contributed by atoms with E-state index in [9.17, 15) is 8.42 Å². The minimum absolute atomic E-state index is 0.226. The topological polar surface area (TPSA) is 101 Å². The zero-order chi connectivity index (χ0) is 21.4. The molecule has 2 fully saturated rings. The quantitative estimate of drug-likeness (QED) is 0.588. The van der Waals surface area contributed by atoms with Gasteiger partial charge in [-0.1, -0.05) is 0 Å². The lowest BCUT2D eigenvalue weighted by molar-refractivity contribution is 0.179. The summed E-state index contributed by atoms with van der Waals surface area (Å²) in [5.74, 6) is 1.41. The van der Waals surface area contributed by atoms with E-state index in [0.29, 0.717) is 37.1 Å². The fourth-order valence-corrected chi connectivity index (χ4v) is 5.38. The lowest BCUT2D eigenvalue weighted by atomic mass is 9.99. The second-order valence-corrected chi connectivity index (χ2v) is 10.1. The minimum atomic E-state index is -3.54. The van der Waals surface area contributed by atoms with Crippen LogP contribution in [0.25, 0.3) is 5.65 Å². The Labute approximate surface area is 181 Å². The number of nitriles is 1. The van der Waals surface area contributed by atoms with E-state index in [-0.39, 0.29) is 10.8 Å². The smallest absolute Gasteiger partial charge is 0.243 e. The SMILES string of the molecule is N#Cc1ccc(S(=O)(=O)N2CCC(COc3ccc4nc(C5CC5)cn4n3)CC2)cc1. The normalized spacial score (nSPS) is 18.2. The highest BCUT2D eigenvalue weighted by atomic mass is 32.2. The third-order valence-electron chi connectivity index (χ3n) is 5.97. The molecule has 1 aromatic carbocycles. The third-order valence-corrected chi connectivity index (χ3v) is 7.88. The van der Waals surface area contributed by atoms with Crippen LogP contribution in [-0.4, -0.2) is 47.0 Å². The second-order valence-electron chi connectivity index (χ2n) is 8.21. The summed E-state index contributed by atoms with van der Waals surface area (Å²) in [6, 6.07) is 11.8. The van der Waals surface area contributed by atoms with E-state index in [1.54, 1.807) is 4.52 Å². The van der Waals surface area contributed by atoms with Crippen LogP contribution < -0.4 is 4.74 Å².